The van der Waals surface area contributed by atoms with E-state index in [0.717, 1.165) is 49.7 Å². The summed E-state index contributed by atoms with van der Waals surface area (Å²) in [5.74, 6) is 0.708. The molecule has 7 nitrogen and oxygen atoms in total. The minimum Gasteiger partial charge on any atom is -0.465 e. The van der Waals surface area contributed by atoms with Crippen LogP contribution in [0.4, 0.5) is 4.79 Å². The first-order valence-corrected chi connectivity index (χ1v) is 13.7. The van der Waals surface area contributed by atoms with Crippen molar-refractivity contribution in [3.63, 3.8) is 0 Å². The average molecular weight is 507 g/mol. The highest BCUT2D eigenvalue weighted by Crippen LogP contribution is 2.58. The summed E-state index contributed by atoms with van der Waals surface area (Å²) in [6.07, 6.45) is 7.70. The fourth-order valence-corrected chi connectivity index (χ4v) is 6.57. The number of nitrogens with zero attached hydrogens (tertiary/aromatic N) is 1. The van der Waals surface area contributed by atoms with Gasteiger partial charge in [-0.05, 0) is 88.1 Å². The van der Waals surface area contributed by atoms with Gasteiger partial charge in [-0.15, -0.1) is 0 Å². The van der Waals surface area contributed by atoms with Crippen LogP contribution in [-0.4, -0.2) is 39.5 Å². The molecule has 8 heteroatoms. The summed E-state index contributed by atoms with van der Waals surface area (Å²) in [7, 11) is -0.330. The Morgan fingerprint density at radius 1 is 0.973 bits per heavy atom. The van der Waals surface area contributed by atoms with Crippen molar-refractivity contribution in [3.8, 4) is 0 Å². The lowest BCUT2D eigenvalue weighted by Gasteiger charge is -2.53. The maximum Gasteiger partial charge on any atom is 0.494 e. The number of hydrogen-bond acceptors (Lipinski definition) is 4. The van der Waals surface area contributed by atoms with E-state index in [1.165, 1.54) is 5.56 Å². The van der Waals surface area contributed by atoms with E-state index >= 15 is 0 Å². The van der Waals surface area contributed by atoms with Crippen LogP contribution in [0.2, 0.25) is 0 Å². The second-order valence-electron chi connectivity index (χ2n) is 13.7. The van der Waals surface area contributed by atoms with Crippen LogP contribution in [-0.2, 0) is 20.1 Å². The normalized spacial score (nSPS) is 29.3. The molecule has 1 saturated heterocycles. The molecule has 3 saturated carbocycles. The molecule has 1 atom stereocenters. The smallest absolute Gasteiger partial charge is 0.465 e. The number of imidazole rings is 1. The SMILES string of the molecule is CC(C)(C)C(NC(=O)O)c1ncc(C23CCC(c4ccc(B5OC(C)(C)C(C)(C)O5)cc4)(CC2)CC3)[nH]1. The van der Waals surface area contributed by atoms with Crippen LogP contribution in [0, 0.1) is 5.41 Å². The molecule has 3 N–H and O–H groups in total. The predicted octanol–water partition coefficient (Wildman–Crippen LogP) is 5.61. The maximum atomic E-state index is 11.4. The van der Waals surface area contributed by atoms with Gasteiger partial charge in [0.25, 0.3) is 0 Å². The van der Waals surface area contributed by atoms with Gasteiger partial charge >= 0.3 is 13.2 Å². The molecule has 3 aliphatic carbocycles. The third kappa shape index (κ3) is 4.50. The van der Waals surface area contributed by atoms with Crippen LogP contribution in [0.25, 0.3) is 0 Å². The maximum absolute atomic E-state index is 11.4. The van der Waals surface area contributed by atoms with E-state index < -0.39 is 6.09 Å². The van der Waals surface area contributed by atoms with Crippen molar-refractivity contribution < 1.29 is 19.2 Å². The van der Waals surface area contributed by atoms with Gasteiger partial charge in [-0.1, -0.05) is 45.0 Å². The molecule has 1 aromatic heterocycles. The Balaban J connectivity index is 1.30. The van der Waals surface area contributed by atoms with Crippen molar-refractivity contribution in [2.45, 2.75) is 115 Å². The molecular weight excluding hydrogens is 465 g/mol. The van der Waals surface area contributed by atoms with Crippen LogP contribution >= 0.6 is 0 Å². The second kappa shape index (κ2) is 8.60. The molecule has 0 radical (unpaired) electrons. The van der Waals surface area contributed by atoms with Crippen LogP contribution < -0.4 is 10.8 Å². The number of aromatic amines is 1. The summed E-state index contributed by atoms with van der Waals surface area (Å²) in [6.45, 7) is 14.4. The summed E-state index contributed by atoms with van der Waals surface area (Å²) in [4.78, 5) is 19.6. The molecule has 4 fully saturated rings. The Labute approximate surface area is 221 Å². The number of amides is 1. The fourth-order valence-electron chi connectivity index (χ4n) is 6.57. The van der Waals surface area contributed by atoms with Gasteiger partial charge < -0.3 is 24.7 Å². The molecule has 200 valence electrons. The molecule has 2 heterocycles. The van der Waals surface area contributed by atoms with Gasteiger partial charge in [0, 0.05) is 17.3 Å². The second-order valence-corrected chi connectivity index (χ2v) is 13.7. The zero-order valence-electron chi connectivity index (χ0n) is 23.4. The zero-order chi connectivity index (χ0) is 26.9. The van der Waals surface area contributed by atoms with Crippen molar-refractivity contribution in [1.29, 1.82) is 0 Å². The van der Waals surface area contributed by atoms with Crippen LogP contribution in [0.15, 0.2) is 30.5 Å². The fraction of sp³-hybridized carbons (Fsp3) is 0.655. The number of hydrogen-bond donors (Lipinski definition) is 3. The van der Waals surface area contributed by atoms with Crippen molar-refractivity contribution in [2.75, 3.05) is 0 Å². The van der Waals surface area contributed by atoms with E-state index in [0.29, 0.717) is 5.82 Å². The molecule has 1 unspecified atom stereocenters. The lowest BCUT2D eigenvalue weighted by Crippen LogP contribution is -2.47. The zero-order valence-corrected chi connectivity index (χ0v) is 23.4. The van der Waals surface area contributed by atoms with Gasteiger partial charge in [0.15, 0.2) is 0 Å². The molecule has 37 heavy (non-hydrogen) atoms. The van der Waals surface area contributed by atoms with Crippen LogP contribution in [0.1, 0.15) is 110 Å². The van der Waals surface area contributed by atoms with E-state index in [2.05, 4.69) is 67.2 Å². The molecule has 2 aromatic rings. The molecular formula is C29H42BN3O4. The summed E-state index contributed by atoms with van der Waals surface area (Å²) >= 11 is 0. The van der Waals surface area contributed by atoms with Gasteiger partial charge in [0.05, 0.1) is 17.2 Å². The minimum atomic E-state index is -1.03. The van der Waals surface area contributed by atoms with E-state index in [4.69, 9.17) is 9.31 Å². The number of benzene rings is 1. The summed E-state index contributed by atoms with van der Waals surface area (Å²) in [5, 5.41) is 12.0. The number of nitrogens with one attached hydrogen (secondary N) is 2. The number of rotatable bonds is 5. The number of carboxylic acid groups (broad SMARTS) is 1. The highest BCUT2D eigenvalue weighted by molar-refractivity contribution is 6.62. The highest BCUT2D eigenvalue weighted by Gasteiger charge is 2.53. The number of H-pyrrole nitrogens is 1. The lowest BCUT2D eigenvalue weighted by atomic mass is 9.51. The van der Waals surface area contributed by atoms with E-state index in [1.54, 1.807) is 0 Å². The van der Waals surface area contributed by atoms with Crippen molar-refractivity contribution in [3.05, 3.63) is 47.5 Å². The highest BCUT2D eigenvalue weighted by atomic mass is 16.7. The van der Waals surface area contributed by atoms with E-state index in [9.17, 15) is 9.90 Å². The Morgan fingerprint density at radius 3 is 1.97 bits per heavy atom. The van der Waals surface area contributed by atoms with Crippen molar-refractivity contribution >= 4 is 18.7 Å². The monoisotopic (exact) mass is 507 g/mol. The number of aromatic nitrogens is 2. The standard InChI is InChI=1S/C29H42BN3O4/c1-25(2,3)22(33-24(34)35)23-31-18-21(32-23)29-15-12-28(13-16-29,14-17-29)19-8-10-20(11-9-19)30-36-26(4,5)27(6,7)37-30/h8-11,18,22,33H,12-17H2,1-7H3,(H,31,32)(H,34,35). The van der Waals surface area contributed by atoms with Gasteiger partial charge in [0.1, 0.15) is 5.82 Å². The van der Waals surface area contributed by atoms with E-state index in [1.807, 2.05) is 27.0 Å². The predicted molar refractivity (Wildman–Crippen MR) is 145 cm³/mol. The summed E-state index contributed by atoms with van der Waals surface area (Å²) in [6, 6.07) is 8.57. The quantitative estimate of drug-likeness (QED) is 0.458. The third-order valence-electron chi connectivity index (χ3n) is 9.87. The molecule has 1 amide bonds. The topological polar surface area (TPSA) is 96.5 Å². The minimum absolute atomic E-state index is 0.0985. The first kappa shape index (κ1) is 26.3. The Morgan fingerprint density at radius 2 is 1.49 bits per heavy atom. The van der Waals surface area contributed by atoms with Gasteiger partial charge in [-0.2, -0.15) is 0 Å². The molecule has 4 aliphatic rings. The van der Waals surface area contributed by atoms with Gasteiger partial charge in [-0.25, -0.2) is 9.78 Å². The summed E-state index contributed by atoms with van der Waals surface area (Å²) in [5.41, 5.74) is 3.01. The molecule has 1 aromatic carbocycles. The molecule has 2 bridgehead atoms. The molecule has 0 spiro atoms. The first-order chi connectivity index (χ1) is 17.2. The Bertz CT molecular complexity index is 1120. The Kier molecular flexibility index (Phi) is 6.11. The third-order valence-corrected chi connectivity index (χ3v) is 9.87. The average Bonchev–Trinajstić information content (AvgIpc) is 3.40. The van der Waals surface area contributed by atoms with Crippen molar-refractivity contribution in [2.24, 2.45) is 5.41 Å². The molecule has 6 rings (SSSR count). The number of carbonyl (C=O) groups is 1. The summed E-state index contributed by atoms with van der Waals surface area (Å²) < 4.78 is 12.5. The van der Waals surface area contributed by atoms with Crippen LogP contribution in [0.5, 0.6) is 0 Å². The Hall–Kier alpha value is -2.32. The van der Waals surface area contributed by atoms with Crippen molar-refractivity contribution in [1.82, 2.24) is 15.3 Å². The van der Waals surface area contributed by atoms with Crippen LogP contribution in [0.3, 0.4) is 0 Å². The van der Waals surface area contributed by atoms with Gasteiger partial charge in [0.2, 0.25) is 0 Å². The van der Waals surface area contributed by atoms with E-state index in [-0.39, 0.29) is 40.6 Å². The molecule has 1 aliphatic heterocycles. The largest absolute Gasteiger partial charge is 0.494 e. The lowest BCUT2D eigenvalue weighted by molar-refractivity contribution is 0.00578. The number of fused-ring (bicyclic) bond motifs is 3. The first-order valence-electron chi connectivity index (χ1n) is 13.7. The van der Waals surface area contributed by atoms with Gasteiger partial charge in [-0.3, -0.25) is 0 Å².